The molecular formula is C22H18F3NOS. The maximum absolute atomic E-state index is 13.2. The van der Waals surface area contributed by atoms with Gasteiger partial charge in [-0.3, -0.25) is 4.79 Å². The lowest BCUT2D eigenvalue weighted by Gasteiger charge is -2.36. The molecule has 0 spiro atoms. The minimum atomic E-state index is -4.41. The second-order valence-corrected chi connectivity index (χ2v) is 7.94. The number of rotatable bonds is 2. The van der Waals surface area contributed by atoms with Crippen molar-refractivity contribution in [3.63, 3.8) is 0 Å². The third-order valence-corrected chi connectivity index (χ3v) is 6.08. The number of amides is 1. The molecule has 0 saturated heterocycles. The second kappa shape index (κ2) is 7.09. The second-order valence-electron chi connectivity index (χ2n) is 6.94. The summed E-state index contributed by atoms with van der Waals surface area (Å²) in [6.07, 6.45) is -3.66. The molecule has 0 radical (unpaired) electrons. The molecule has 0 bridgehead atoms. The number of alkyl halides is 3. The van der Waals surface area contributed by atoms with Gasteiger partial charge in [0.05, 0.1) is 11.6 Å². The highest BCUT2D eigenvalue weighted by Crippen LogP contribution is 2.39. The van der Waals surface area contributed by atoms with Crippen molar-refractivity contribution in [1.29, 1.82) is 0 Å². The average Bonchev–Trinajstić information content (AvgIpc) is 3.16. The Labute approximate surface area is 165 Å². The van der Waals surface area contributed by atoms with Crippen LogP contribution in [0.25, 0.3) is 0 Å². The maximum Gasteiger partial charge on any atom is 0.416 e. The quantitative estimate of drug-likeness (QED) is 0.526. The van der Waals surface area contributed by atoms with Gasteiger partial charge in [-0.15, -0.1) is 11.3 Å². The molecule has 144 valence electrons. The Hall–Kier alpha value is -2.60. The van der Waals surface area contributed by atoms with Crippen LogP contribution in [0.2, 0.25) is 0 Å². The first-order valence-corrected chi connectivity index (χ1v) is 9.83. The lowest BCUT2D eigenvalue weighted by molar-refractivity contribution is -0.137. The molecule has 2 heterocycles. The Morgan fingerprint density at radius 1 is 1.04 bits per heavy atom. The Kier molecular flexibility index (Phi) is 4.75. The Morgan fingerprint density at radius 2 is 1.71 bits per heavy atom. The van der Waals surface area contributed by atoms with Crippen molar-refractivity contribution < 1.29 is 18.0 Å². The fourth-order valence-electron chi connectivity index (χ4n) is 3.61. The van der Waals surface area contributed by atoms with Crippen molar-refractivity contribution in [2.75, 3.05) is 6.54 Å². The van der Waals surface area contributed by atoms with E-state index in [2.05, 4.69) is 0 Å². The number of hydrogen-bond acceptors (Lipinski definition) is 2. The number of halogens is 3. The smallest absolute Gasteiger partial charge is 0.327 e. The number of benzene rings is 2. The molecule has 1 aromatic heterocycles. The monoisotopic (exact) mass is 401 g/mol. The molecule has 2 aromatic carbocycles. The lowest BCUT2D eigenvalue weighted by Crippen LogP contribution is -2.40. The summed E-state index contributed by atoms with van der Waals surface area (Å²) in [4.78, 5) is 16.2. The molecule has 1 aliphatic rings. The molecule has 6 heteroatoms. The summed E-state index contributed by atoms with van der Waals surface area (Å²) in [5.74, 6) is -0.254. The predicted molar refractivity (Wildman–Crippen MR) is 104 cm³/mol. The summed E-state index contributed by atoms with van der Waals surface area (Å²) in [6.45, 7) is 2.54. The van der Waals surface area contributed by atoms with Crippen LogP contribution in [0.3, 0.4) is 0 Å². The first kappa shape index (κ1) is 18.7. The number of nitrogens with zero attached hydrogens (tertiary/aromatic N) is 1. The van der Waals surface area contributed by atoms with Crippen LogP contribution in [-0.2, 0) is 12.6 Å². The van der Waals surface area contributed by atoms with Crippen LogP contribution >= 0.6 is 11.3 Å². The van der Waals surface area contributed by atoms with Gasteiger partial charge in [0.2, 0.25) is 0 Å². The standard InChI is InChI=1S/C22H18F3NOS/c1-14-2-4-15(5-3-14)20-18-11-13-28-19(18)10-12-26(20)21(27)16-6-8-17(9-7-16)22(23,24)25/h2-9,11,13,20H,10,12H2,1H3. The zero-order valence-electron chi connectivity index (χ0n) is 15.2. The van der Waals surface area contributed by atoms with Crippen molar-refractivity contribution >= 4 is 17.2 Å². The Balaban J connectivity index is 1.71. The number of carbonyl (C=O) groups excluding carboxylic acids is 1. The molecule has 3 aromatic rings. The highest BCUT2D eigenvalue weighted by molar-refractivity contribution is 7.10. The lowest BCUT2D eigenvalue weighted by atomic mass is 9.92. The van der Waals surface area contributed by atoms with Crippen molar-refractivity contribution in [3.8, 4) is 0 Å². The number of thiophene rings is 1. The summed E-state index contributed by atoms with van der Waals surface area (Å²) in [7, 11) is 0. The summed E-state index contributed by atoms with van der Waals surface area (Å²) in [5, 5.41) is 2.03. The van der Waals surface area contributed by atoms with Crippen molar-refractivity contribution in [2.45, 2.75) is 25.6 Å². The van der Waals surface area contributed by atoms with Gasteiger partial charge in [-0.25, -0.2) is 0 Å². The van der Waals surface area contributed by atoms with Crippen LogP contribution in [0.15, 0.2) is 60.0 Å². The van der Waals surface area contributed by atoms with Gasteiger partial charge in [-0.2, -0.15) is 13.2 Å². The number of carbonyl (C=O) groups is 1. The topological polar surface area (TPSA) is 20.3 Å². The fraction of sp³-hybridized carbons (Fsp3) is 0.227. The van der Waals surface area contributed by atoms with E-state index in [0.717, 1.165) is 35.2 Å². The SMILES string of the molecule is Cc1ccc(C2c3ccsc3CCN2C(=O)c2ccc(C(F)(F)F)cc2)cc1. The van der Waals surface area contributed by atoms with Gasteiger partial charge < -0.3 is 4.90 Å². The zero-order chi connectivity index (χ0) is 19.9. The number of aryl methyl sites for hydroxylation is 1. The molecule has 1 amide bonds. The molecule has 2 nitrogen and oxygen atoms in total. The third kappa shape index (κ3) is 3.44. The van der Waals surface area contributed by atoms with Gasteiger partial charge in [0.1, 0.15) is 0 Å². The van der Waals surface area contributed by atoms with Crippen LogP contribution in [-0.4, -0.2) is 17.4 Å². The third-order valence-electron chi connectivity index (χ3n) is 5.08. The number of hydrogen-bond donors (Lipinski definition) is 0. The van der Waals surface area contributed by atoms with Gasteiger partial charge in [0.25, 0.3) is 5.91 Å². The molecule has 0 saturated carbocycles. The summed E-state index contributed by atoms with van der Waals surface area (Å²) < 4.78 is 38.5. The van der Waals surface area contributed by atoms with E-state index < -0.39 is 11.7 Å². The average molecular weight is 401 g/mol. The minimum absolute atomic E-state index is 0.231. The van der Waals surface area contributed by atoms with E-state index in [1.54, 1.807) is 16.2 Å². The van der Waals surface area contributed by atoms with Crippen molar-refractivity contribution in [1.82, 2.24) is 4.90 Å². The molecule has 1 unspecified atom stereocenters. The van der Waals surface area contributed by atoms with E-state index in [-0.39, 0.29) is 17.5 Å². The maximum atomic E-state index is 13.2. The fourth-order valence-corrected chi connectivity index (χ4v) is 4.51. The highest BCUT2D eigenvalue weighted by Gasteiger charge is 2.34. The molecular weight excluding hydrogens is 383 g/mol. The van der Waals surface area contributed by atoms with E-state index in [9.17, 15) is 18.0 Å². The van der Waals surface area contributed by atoms with E-state index in [1.165, 1.54) is 17.0 Å². The van der Waals surface area contributed by atoms with E-state index in [0.29, 0.717) is 6.54 Å². The summed E-state index contributed by atoms with van der Waals surface area (Å²) in [5.41, 5.74) is 2.75. The zero-order valence-corrected chi connectivity index (χ0v) is 16.0. The molecule has 4 rings (SSSR count). The van der Waals surface area contributed by atoms with Crippen LogP contribution in [0.5, 0.6) is 0 Å². The van der Waals surface area contributed by atoms with Crippen LogP contribution in [0.1, 0.15) is 43.5 Å². The van der Waals surface area contributed by atoms with Crippen LogP contribution < -0.4 is 0 Å². The normalized spacial score (nSPS) is 16.7. The first-order chi connectivity index (χ1) is 13.3. The molecule has 0 N–H and O–H groups in total. The predicted octanol–water partition coefficient (Wildman–Crippen LogP) is 5.86. The molecule has 1 atom stereocenters. The highest BCUT2D eigenvalue weighted by atomic mass is 32.1. The van der Waals surface area contributed by atoms with Gasteiger partial charge >= 0.3 is 6.18 Å². The largest absolute Gasteiger partial charge is 0.416 e. The minimum Gasteiger partial charge on any atom is -0.327 e. The summed E-state index contributed by atoms with van der Waals surface area (Å²) >= 11 is 1.68. The number of fused-ring (bicyclic) bond motifs is 1. The van der Waals surface area contributed by atoms with E-state index in [4.69, 9.17) is 0 Å². The van der Waals surface area contributed by atoms with Crippen molar-refractivity contribution in [2.24, 2.45) is 0 Å². The van der Waals surface area contributed by atoms with Crippen LogP contribution in [0.4, 0.5) is 13.2 Å². The van der Waals surface area contributed by atoms with Gasteiger partial charge in [0, 0.05) is 17.0 Å². The van der Waals surface area contributed by atoms with Gasteiger partial charge in [-0.05, 0) is 60.2 Å². The molecule has 0 aliphatic carbocycles. The van der Waals surface area contributed by atoms with E-state index >= 15 is 0 Å². The van der Waals surface area contributed by atoms with Gasteiger partial charge in [-0.1, -0.05) is 29.8 Å². The molecule has 28 heavy (non-hydrogen) atoms. The van der Waals surface area contributed by atoms with E-state index in [1.807, 2.05) is 42.6 Å². The Morgan fingerprint density at radius 3 is 2.36 bits per heavy atom. The molecule has 0 fully saturated rings. The van der Waals surface area contributed by atoms with Crippen LogP contribution in [0, 0.1) is 6.92 Å². The Bertz CT molecular complexity index is 990. The van der Waals surface area contributed by atoms with Gasteiger partial charge in [0.15, 0.2) is 0 Å². The first-order valence-electron chi connectivity index (χ1n) is 8.95. The van der Waals surface area contributed by atoms with Crippen molar-refractivity contribution in [3.05, 3.63) is 92.7 Å². The summed E-state index contributed by atoms with van der Waals surface area (Å²) in [6, 6.07) is 14.3. The molecule has 1 aliphatic heterocycles.